The Morgan fingerprint density at radius 3 is 2.44 bits per heavy atom. The smallest absolute Gasteiger partial charge is 0.0346 e. The third-order valence-corrected chi connectivity index (χ3v) is 5.02. The summed E-state index contributed by atoms with van der Waals surface area (Å²) >= 11 is 5.40. The third kappa shape index (κ3) is 2.85. The second-order valence-corrected chi connectivity index (χ2v) is 6.84. The van der Waals surface area contributed by atoms with Gasteiger partial charge in [0, 0.05) is 20.8 Å². The molecule has 0 atom stereocenters. The lowest BCUT2D eigenvalue weighted by molar-refractivity contribution is 0.334. The fraction of sp³-hybridized carbons (Fsp3) is 0.333. The van der Waals surface area contributed by atoms with Gasteiger partial charge in [-0.1, -0.05) is 28.1 Å². The Balaban J connectivity index is 1.74. The lowest BCUT2D eigenvalue weighted by Gasteiger charge is -2.12. The van der Waals surface area contributed by atoms with Crippen molar-refractivity contribution in [2.45, 2.75) is 19.4 Å². The summed E-state index contributed by atoms with van der Waals surface area (Å²) in [5, 5.41) is 0. The van der Waals surface area contributed by atoms with Crippen molar-refractivity contribution < 1.29 is 0 Å². The van der Waals surface area contributed by atoms with Crippen LogP contribution in [0.5, 0.6) is 0 Å². The maximum atomic E-state index is 3.48. The van der Waals surface area contributed by atoms with Crippen molar-refractivity contribution in [2.24, 2.45) is 0 Å². The molecule has 0 bridgehead atoms. The molecule has 2 aromatic rings. The van der Waals surface area contributed by atoms with Crippen molar-refractivity contribution in [3.63, 3.8) is 0 Å². The predicted molar refractivity (Wildman–Crippen MR) is 82.0 cm³/mol. The van der Waals surface area contributed by atoms with Crippen LogP contribution in [-0.4, -0.2) is 18.0 Å². The zero-order chi connectivity index (χ0) is 12.4. The van der Waals surface area contributed by atoms with Gasteiger partial charge in [-0.05, 0) is 55.8 Å². The van der Waals surface area contributed by atoms with E-state index in [1.807, 2.05) is 11.3 Å². The van der Waals surface area contributed by atoms with Gasteiger partial charge in [0.15, 0.2) is 0 Å². The molecule has 1 aromatic carbocycles. The molecular weight excluding hydrogens is 306 g/mol. The van der Waals surface area contributed by atoms with E-state index in [-0.39, 0.29) is 0 Å². The van der Waals surface area contributed by atoms with E-state index in [0.29, 0.717) is 0 Å². The number of nitrogens with zero attached hydrogens (tertiary/aromatic N) is 1. The molecule has 1 saturated heterocycles. The van der Waals surface area contributed by atoms with Gasteiger partial charge in [0.1, 0.15) is 0 Å². The second kappa shape index (κ2) is 5.55. The van der Waals surface area contributed by atoms with Crippen molar-refractivity contribution in [2.75, 3.05) is 13.1 Å². The van der Waals surface area contributed by atoms with Crippen LogP contribution >= 0.6 is 27.3 Å². The molecule has 0 saturated carbocycles. The van der Waals surface area contributed by atoms with Crippen LogP contribution < -0.4 is 0 Å². The topological polar surface area (TPSA) is 3.24 Å². The van der Waals surface area contributed by atoms with Gasteiger partial charge in [-0.25, -0.2) is 0 Å². The zero-order valence-electron chi connectivity index (χ0n) is 10.2. The van der Waals surface area contributed by atoms with Crippen LogP contribution in [0.1, 0.15) is 17.7 Å². The van der Waals surface area contributed by atoms with E-state index in [0.717, 1.165) is 11.0 Å². The molecule has 0 amide bonds. The van der Waals surface area contributed by atoms with Gasteiger partial charge in [0.25, 0.3) is 0 Å². The first-order valence-corrected chi connectivity index (χ1v) is 7.99. The van der Waals surface area contributed by atoms with Crippen LogP contribution in [0.15, 0.2) is 40.9 Å². The van der Waals surface area contributed by atoms with E-state index in [1.54, 1.807) is 0 Å². The zero-order valence-corrected chi connectivity index (χ0v) is 12.6. The largest absolute Gasteiger partial charge is 0.298 e. The van der Waals surface area contributed by atoms with Gasteiger partial charge >= 0.3 is 0 Å². The Labute approximate surface area is 121 Å². The molecule has 3 rings (SSSR count). The number of benzene rings is 1. The molecule has 18 heavy (non-hydrogen) atoms. The highest BCUT2D eigenvalue weighted by molar-refractivity contribution is 9.10. The molecule has 0 unspecified atom stereocenters. The molecule has 1 aliphatic rings. The maximum absolute atomic E-state index is 3.48. The molecule has 3 heteroatoms. The number of likely N-dealkylation sites (tertiary alicyclic amines) is 1. The molecule has 1 aromatic heterocycles. The van der Waals surface area contributed by atoms with Crippen LogP contribution in [0, 0.1) is 0 Å². The van der Waals surface area contributed by atoms with Gasteiger partial charge in [-0.15, -0.1) is 11.3 Å². The summed E-state index contributed by atoms with van der Waals surface area (Å²) in [5.41, 5.74) is 1.32. The van der Waals surface area contributed by atoms with E-state index in [2.05, 4.69) is 57.2 Å². The monoisotopic (exact) mass is 321 g/mol. The Morgan fingerprint density at radius 1 is 1.00 bits per heavy atom. The first kappa shape index (κ1) is 12.4. The van der Waals surface area contributed by atoms with Gasteiger partial charge in [-0.2, -0.15) is 0 Å². The maximum Gasteiger partial charge on any atom is 0.0346 e. The first-order chi connectivity index (χ1) is 8.81. The number of halogens is 1. The lowest BCUT2D eigenvalue weighted by atomic mass is 10.2. The van der Waals surface area contributed by atoms with Crippen molar-refractivity contribution in [3.05, 3.63) is 45.7 Å². The molecule has 0 spiro atoms. The lowest BCUT2D eigenvalue weighted by Crippen LogP contribution is -2.17. The van der Waals surface area contributed by atoms with Gasteiger partial charge in [-0.3, -0.25) is 4.90 Å². The number of hydrogen-bond donors (Lipinski definition) is 0. The highest BCUT2D eigenvalue weighted by Gasteiger charge is 2.13. The minimum Gasteiger partial charge on any atom is -0.298 e. The van der Waals surface area contributed by atoms with Crippen LogP contribution in [-0.2, 0) is 6.54 Å². The molecular formula is C15H16BrNS. The molecule has 0 radical (unpaired) electrons. The summed E-state index contributed by atoms with van der Waals surface area (Å²) < 4.78 is 1.14. The SMILES string of the molecule is Brc1ccc(-c2ccc(CN3CCCC3)s2)cc1. The normalized spacial score (nSPS) is 16.3. The summed E-state index contributed by atoms with van der Waals surface area (Å²) in [6.45, 7) is 3.66. The minimum atomic E-state index is 1.13. The highest BCUT2D eigenvalue weighted by atomic mass is 79.9. The van der Waals surface area contributed by atoms with Crippen molar-refractivity contribution in [3.8, 4) is 10.4 Å². The van der Waals surface area contributed by atoms with Gasteiger partial charge in [0.2, 0.25) is 0 Å². The summed E-state index contributed by atoms with van der Waals surface area (Å²) in [4.78, 5) is 5.41. The van der Waals surface area contributed by atoms with Crippen molar-refractivity contribution in [1.29, 1.82) is 0 Å². The van der Waals surface area contributed by atoms with Crippen LogP contribution in [0.4, 0.5) is 0 Å². The Morgan fingerprint density at radius 2 is 1.72 bits per heavy atom. The van der Waals surface area contributed by atoms with Crippen molar-refractivity contribution in [1.82, 2.24) is 4.90 Å². The average molecular weight is 322 g/mol. The fourth-order valence-corrected chi connectivity index (χ4v) is 3.71. The van der Waals surface area contributed by atoms with Crippen LogP contribution in [0.2, 0.25) is 0 Å². The molecule has 1 nitrogen and oxygen atoms in total. The minimum absolute atomic E-state index is 1.13. The highest BCUT2D eigenvalue weighted by Crippen LogP contribution is 2.30. The Bertz CT molecular complexity index is 512. The fourth-order valence-electron chi connectivity index (χ4n) is 2.39. The molecule has 0 aliphatic carbocycles. The number of hydrogen-bond acceptors (Lipinski definition) is 2. The van der Waals surface area contributed by atoms with Crippen LogP contribution in [0.25, 0.3) is 10.4 Å². The van der Waals surface area contributed by atoms with E-state index in [1.165, 1.54) is 41.2 Å². The molecule has 1 aliphatic heterocycles. The third-order valence-electron chi connectivity index (χ3n) is 3.37. The van der Waals surface area contributed by atoms with Gasteiger partial charge in [0.05, 0.1) is 0 Å². The quantitative estimate of drug-likeness (QED) is 0.786. The molecule has 2 heterocycles. The molecule has 0 N–H and O–H groups in total. The van der Waals surface area contributed by atoms with E-state index >= 15 is 0 Å². The van der Waals surface area contributed by atoms with Crippen molar-refractivity contribution >= 4 is 27.3 Å². The number of thiophene rings is 1. The standard InChI is InChI=1S/C15H16BrNS/c16-13-5-3-12(4-6-13)15-8-7-14(18-15)11-17-9-1-2-10-17/h3-8H,1-2,9-11H2. The summed E-state index contributed by atoms with van der Waals surface area (Å²) in [5.74, 6) is 0. The molecule has 94 valence electrons. The first-order valence-electron chi connectivity index (χ1n) is 6.38. The second-order valence-electron chi connectivity index (χ2n) is 4.76. The number of rotatable bonds is 3. The summed E-state index contributed by atoms with van der Waals surface area (Å²) in [6.07, 6.45) is 2.73. The predicted octanol–water partition coefficient (Wildman–Crippen LogP) is 4.77. The molecule has 1 fully saturated rings. The average Bonchev–Trinajstić information content (AvgIpc) is 3.02. The van der Waals surface area contributed by atoms with E-state index < -0.39 is 0 Å². The van der Waals surface area contributed by atoms with Crippen LogP contribution in [0.3, 0.4) is 0 Å². The van der Waals surface area contributed by atoms with E-state index in [4.69, 9.17) is 0 Å². The Kier molecular flexibility index (Phi) is 3.83. The summed E-state index contributed by atoms with van der Waals surface area (Å²) in [6, 6.07) is 13.1. The Hall–Kier alpha value is -0.640. The van der Waals surface area contributed by atoms with Gasteiger partial charge < -0.3 is 0 Å². The summed E-state index contributed by atoms with van der Waals surface area (Å²) in [7, 11) is 0. The van der Waals surface area contributed by atoms with E-state index in [9.17, 15) is 0 Å².